The lowest BCUT2D eigenvalue weighted by Gasteiger charge is -2.10. The molecule has 0 bridgehead atoms. The number of carbonyl (C=O) groups excluding carboxylic acids is 2. The van der Waals surface area contributed by atoms with Gasteiger partial charge in [0.2, 0.25) is 11.6 Å². The van der Waals surface area contributed by atoms with Crippen LogP contribution in [0.1, 0.15) is 23.7 Å². The summed E-state index contributed by atoms with van der Waals surface area (Å²) in [5.74, 6) is -15.0. The molecule has 10 heteroatoms. The van der Waals surface area contributed by atoms with Gasteiger partial charge >= 0.3 is 5.97 Å². The summed E-state index contributed by atoms with van der Waals surface area (Å²) >= 11 is 0. The number of halogens is 6. The largest absolute Gasteiger partial charge is 0.462 e. The number of ether oxygens (including phenoxy) is 1. The second-order valence-electron chi connectivity index (χ2n) is 5.08. The molecule has 0 aliphatic heterocycles. The molecule has 0 heterocycles. The zero-order chi connectivity index (χ0) is 18.9. The number of ketones is 1. The minimum atomic E-state index is -2.44. The monoisotopic (exact) mass is 367 g/mol. The molecule has 0 amide bonds. The van der Waals surface area contributed by atoms with E-state index in [0.29, 0.717) is 6.20 Å². The van der Waals surface area contributed by atoms with Crippen molar-refractivity contribution in [2.75, 3.05) is 6.61 Å². The number of alkyl halides is 1. The van der Waals surface area contributed by atoms with Crippen LogP contribution in [0.3, 0.4) is 0 Å². The Bertz CT molecular complexity index is 735. The van der Waals surface area contributed by atoms with Gasteiger partial charge in [-0.3, -0.25) is 4.79 Å². The van der Waals surface area contributed by atoms with Gasteiger partial charge in [-0.2, -0.15) is 0 Å². The zero-order valence-electron chi connectivity index (χ0n) is 12.6. The van der Waals surface area contributed by atoms with Gasteiger partial charge in [0.05, 0.1) is 12.6 Å². The smallest absolute Gasteiger partial charge is 0.343 e. The number of esters is 1. The highest BCUT2D eigenvalue weighted by atomic mass is 19.2. The van der Waals surface area contributed by atoms with Crippen LogP contribution >= 0.6 is 0 Å². The molecule has 1 aromatic carbocycles. The van der Waals surface area contributed by atoms with E-state index in [0.717, 1.165) is 0 Å². The highest BCUT2D eigenvalue weighted by molar-refractivity contribution is 6.24. The van der Waals surface area contributed by atoms with E-state index >= 15 is 0 Å². The van der Waals surface area contributed by atoms with E-state index in [2.05, 4.69) is 10.1 Å². The Morgan fingerprint density at radius 2 is 1.56 bits per heavy atom. The van der Waals surface area contributed by atoms with Crippen LogP contribution in [0.2, 0.25) is 0 Å². The lowest BCUT2D eigenvalue weighted by atomic mass is 10.0. The summed E-state index contributed by atoms with van der Waals surface area (Å²) in [7, 11) is 0. The van der Waals surface area contributed by atoms with E-state index in [9.17, 15) is 35.9 Å². The van der Waals surface area contributed by atoms with Crippen LogP contribution in [-0.4, -0.2) is 30.6 Å². The van der Waals surface area contributed by atoms with Gasteiger partial charge in [0.25, 0.3) is 0 Å². The molecule has 1 aliphatic rings. The maximum atomic E-state index is 13.7. The van der Waals surface area contributed by atoms with Crippen LogP contribution in [0.25, 0.3) is 0 Å². The third-order valence-corrected chi connectivity index (χ3v) is 3.33. The molecule has 1 saturated carbocycles. The number of hydrogen-bond donors (Lipinski definition) is 1. The minimum Gasteiger partial charge on any atom is -0.462 e. The van der Waals surface area contributed by atoms with Crippen molar-refractivity contribution >= 4 is 11.8 Å². The molecule has 2 atom stereocenters. The Morgan fingerprint density at radius 1 is 1.08 bits per heavy atom. The third kappa shape index (κ3) is 3.62. The number of nitrogens with one attached hydrogen (secondary N) is 1. The molecular formula is C15H11F6NO3. The summed E-state index contributed by atoms with van der Waals surface area (Å²) in [5, 5.41) is 2.31. The average Bonchev–Trinajstić information content (AvgIpc) is 3.27. The first kappa shape index (κ1) is 18.8. The molecule has 0 saturated heterocycles. The summed E-state index contributed by atoms with van der Waals surface area (Å²) in [5.41, 5.74) is -2.82. The summed E-state index contributed by atoms with van der Waals surface area (Å²) in [6, 6.07) is -0.728. The number of hydrogen-bond acceptors (Lipinski definition) is 4. The molecule has 1 N–H and O–H groups in total. The van der Waals surface area contributed by atoms with E-state index < -0.39 is 64.2 Å². The van der Waals surface area contributed by atoms with Crippen molar-refractivity contribution in [3.05, 3.63) is 46.4 Å². The van der Waals surface area contributed by atoms with Gasteiger partial charge in [-0.15, -0.1) is 0 Å². The molecular weight excluding hydrogens is 356 g/mol. The number of carbonyl (C=O) groups is 2. The van der Waals surface area contributed by atoms with Gasteiger partial charge in [-0.1, -0.05) is 0 Å². The van der Waals surface area contributed by atoms with E-state index in [1.807, 2.05) is 0 Å². The van der Waals surface area contributed by atoms with Crippen LogP contribution < -0.4 is 5.32 Å². The van der Waals surface area contributed by atoms with Crippen LogP contribution in [0.5, 0.6) is 0 Å². The quantitative estimate of drug-likeness (QED) is 0.123. The molecule has 1 aliphatic carbocycles. The van der Waals surface area contributed by atoms with Crippen molar-refractivity contribution < 1.29 is 40.7 Å². The molecule has 0 radical (unpaired) electrons. The van der Waals surface area contributed by atoms with Gasteiger partial charge < -0.3 is 10.1 Å². The fourth-order valence-corrected chi connectivity index (χ4v) is 1.89. The topological polar surface area (TPSA) is 55.4 Å². The van der Waals surface area contributed by atoms with Crippen LogP contribution in [0.15, 0.2) is 11.8 Å². The lowest BCUT2D eigenvalue weighted by molar-refractivity contribution is -0.138. The second kappa shape index (κ2) is 7.16. The number of rotatable bonds is 6. The normalized spacial score (nSPS) is 19.6. The Kier molecular flexibility index (Phi) is 5.39. The average molecular weight is 367 g/mol. The SMILES string of the molecule is CCOC(=O)C(=CN[C@@H]1C[C@H]1F)C(=O)c1c(F)c(F)c(F)c(F)c1F. The van der Waals surface area contributed by atoms with Gasteiger partial charge in [0, 0.05) is 12.6 Å². The van der Waals surface area contributed by atoms with Crippen molar-refractivity contribution in [2.24, 2.45) is 0 Å². The maximum Gasteiger partial charge on any atom is 0.343 e. The summed E-state index contributed by atoms with van der Waals surface area (Å²) < 4.78 is 84.3. The molecule has 2 rings (SSSR count). The number of Topliss-reactive ketones (excluding diaryl/α,β-unsaturated/α-hetero) is 1. The summed E-state index contributed by atoms with van der Waals surface area (Å²) in [6.07, 6.45) is -0.532. The van der Waals surface area contributed by atoms with Crippen LogP contribution in [-0.2, 0) is 9.53 Å². The number of benzene rings is 1. The Balaban J connectivity index is 2.48. The molecule has 0 unspecified atom stereocenters. The Hall–Kier alpha value is -2.52. The third-order valence-electron chi connectivity index (χ3n) is 3.33. The first-order valence-corrected chi connectivity index (χ1v) is 7.04. The minimum absolute atomic E-state index is 0.0727. The lowest BCUT2D eigenvalue weighted by Crippen LogP contribution is -2.24. The fraction of sp³-hybridized carbons (Fsp3) is 0.333. The van der Waals surface area contributed by atoms with Crippen molar-refractivity contribution in [3.8, 4) is 0 Å². The van der Waals surface area contributed by atoms with Gasteiger partial charge in [0.1, 0.15) is 17.3 Å². The first-order chi connectivity index (χ1) is 11.7. The fourth-order valence-electron chi connectivity index (χ4n) is 1.89. The van der Waals surface area contributed by atoms with E-state index in [1.54, 1.807) is 0 Å². The first-order valence-electron chi connectivity index (χ1n) is 7.04. The Labute approximate surface area is 137 Å². The molecule has 1 aromatic rings. The molecule has 1 fully saturated rings. The van der Waals surface area contributed by atoms with Crippen LogP contribution in [0.4, 0.5) is 26.3 Å². The Morgan fingerprint density at radius 3 is 2.00 bits per heavy atom. The molecule has 0 aromatic heterocycles. The predicted octanol–water partition coefficient (Wildman–Crippen LogP) is 2.71. The summed E-state index contributed by atoms with van der Waals surface area (Å²) in [4.78, 5) is 24.0. The van der Waals surface area contributed by atoms with E-state index in [1.165, 1.54) is 6.92 Å². The van der Waals surface area contributed by atoms with Crippen molar-refractivity contribution in [3.63, 3.8) is 0 Å². The van der Waals surface area contributed by atoms with Crippen molar-refractivity contribution in [1.29, 1.82) is 0 Å². The highest BCUT2D eigenvalue weighted by Gasteiger charge is 2.38. The van der Waals surface area contributed by atoms with Gasteiger partial charge in [0.15, 0.2) is 23.3 Å². The highest BCUT2D eigenvalue weighted by Crippen LogP contribution is 2.27. The van der Waals surface area contributed by atoms with Crippen LogP contribution in [0, 0.1) is 29.1 Å². The van der Waals surface area contributed by atoms with E-state index in [-0.39, 0.29) is 13.0 Å². The molecule has 25 heavy (non-hydrogen) atoms. The summed E-state index contributed by atoms with van der Waals surface area (Å²) in [6.45, 7) is 1.14. The molecule has 136 valence electrons. The molecule has 0 spiro atoms. The predicted molar refractivity (Wildman–Crippen MR) is 71.7 cm³/mol. The standard InChI is InChI=1S/C15H11F6NO3/c1-2-25-15(24)5(4-22-7-3-6(7)16)14(23)8-9(17)11(19)13(21)12(20)10(8)18/h4,6-7,22H,2-3H2,1H3/t6-,7-/m1/s1. The van der Waals surface area contributed by atoms with Crippen molar-refractivity contribution in [1.82, 2.24) is 5.32 Å². The molecule has 4 nitrogen and oxygen atoms in total. The zero-order valence-corrected chi connectivity index (χ0v) is 12.6. The van der Waals surface area contributed by atoms with Gasteiger partial charge in [-0.05, 0) is 6.92 Å². The van der Waals surface area contributed by atoms with Crippen molar-refractivity contribution in [2.45, 2.75) is 25.6 Å². The van der Waals surface area contributed by atoms with Gasteiger partial charge in [-0.25, -0.2) is 31.1 Å². The second-order valence-corrected chi connectivity index (χ2v) is 5.08. The maximum absolute atomic E-state index is 13.7. The van der Waals surface area contributed by atoms with E-state index in [4.69, 9.17) is 0 Å².